The quantitative estimate of drug-likeness (QED) is 0.919. The molecule has 2 aromatic rings. The lowest BCUT2D eigenvalue weighted by atomic mass is 9.87. The van der Waals surface area contributed by atoms with Crippen molar-refractivity contribution in [3.8, 4) is 0 Å². The second kappa shape index (κ2) is 5.90. The number of nitrogens with zero attached hydrogens (tertiary/aromatic N) is 1. The van der Waals surface area contributed by atoms with E-state index in [0.717, 1.165) is 6.42 Å². The highest BCUT2D eigenvalue weighted by atomic mass is 19.3. The number of rotatable bonds is 3. The molecule has 2 aliphatic rings. The molecule has 4 rings (SSSR count). The molecule has 2 aromatic carbocycles. The molecule has 0 radical (unpaired) electrons. The van der Waals surface area contributed by atoms with Crippen LogP contribution in [0.4, 0.5) is 8.78 Å². The van der Waals surface area contributed by atoms with Gasteiger partial charge in [-0.05, 0) is 18.6 Å². The van der Waals surface area contributed by atoms with Gasteiger partial charge in [-0.2, -0.15) is 8.78 Å². The second-order valence-corrected chi connectivity index (χ2v) is 7.01. The lowest BCUT2D eigenvalue weighted by Crippen LogP contribution is -2.68. The normalized spacial score (nSPS) is 18.5. The summed E-state index contributed by atoms with van der Waals surface area (Å²) in [6.07, 6.45) is 1.23. The summed E-state index contributed by atoms with van der Waals surface area (Å²) in [4.78, 5) is 25.5. The van der Waals surface area contributed by atoms with Crippen molar-refractivity contribution in [3.05, 3.63) is 71.3 Å². The van der Waals surface area contributed by atoms with Gasteiger partial charge in [0, 0.05) is 36.2 Å². The monoisotopic (exact) mass is 356 g/mol. The molecule has 134 valence electrons. The lowest BCUT2D eigenvalue weighted by molar-refractivity contribution is -0.120. The van der Waals surface area contributed by atoms with Crippen LogP contribution in [0.15, 0.2) is 54.6 Å². The maximum Gasteiger partial charge on any atom is 0.298 e. The van der Waals surface area contributed by atoms with E-state index in [1.54, 1.807) is 23.1 Å². The summed E-state index contributed by atoms with van der Waals surface area (Å²) >= 11 is 0. The summed E-state index contributed by atoms with van der Waals surface area (Å²) in [5.41, 5.74) is -0.145. The average molecular weight is 356 g/mol. The Hall–Kier alpha value is -2.76. The van der Waals surface area contributed by atoms with E-state index >= 15 is 0 Å². The molecule has 0 aromatic heterocycles. The molecule has 0 atom stereocenters. The molecule has 2 fully saturated rings. The average Bonchev–Trinajstić information content (AvgIpc) is 3.03. The molecule has 2 saturated heterocycles. The van der Waals surface area contributed by atoms with Crippen molar-refractivity contribution in [2.24, 2.45) is 0 Å². The fraction of sp³-hybridized carbons (Fsp3) is 0.300. The van der Waals surface area contributed by atoms with Crippen LogP contribution >= 0.6 is 0 Å². The minimum atomic E-state index is -3.11. The molecule has 4 nitrogen and oxygen atoms in total. The lowest BCUT2D eigenvalue weighted by Gasteiger charge is -2.47. The van der Waals surface area contributed by atoms with Crippen LogP contribution in [0.5, 0.6) is 0 Å². The van der Waals surface area contributed by atoms with Crippen molar-refractivity contribution in [1.82, 2.24) is 10.2 Å². The van der Waals surface area contributed by atoms with E-state index < -0.39 is 5.92 Å². The summed E-state index contributed by atoms with van der Waals surface area (Å²) in [6, 6.07) is 13.1. The van der Waals surface area contributed by atoms with E-state index in [4.69, 9.17) is 0 Å². The van der Waals surface area contributed by atoms with Crippen LogP contribution in [0.25, 0.3) is 0 Å². The highest BCUT2D eigenvalue weighted by Gasteiger charge is 2.49. The van der Waals surface area contributed by atoms with Crippen molar-refractivity contribution < 1.29 is 18.4 Å². The number of carbonyl (C=O) groups is 2. The first kappa shape index (κ1) is 16.7. The van der Waals surface area contributed by atoms with E-state index in [2.05, 4.69) is 5.32 Å². The van der Waals surface area contributed by atoms with Gasteiger partial charge in [-0.25, -0.2) is 0 Å². The standard InChI is InChI=1S/C20H18F2N2O2/c21-20(22,15-4-2-1-3-5-15)16-8-6-14(7-9-16)18(26)24-12-19(13-24)11-10-17(25)23-19/h1-9H,10-13H2,(H,23,25). The fourth-order valence-corrected chi connectivity index (χ4v) is 3.66. The fourth-order valence-electron chi connectivity index (χ4n) is 3.66. The Balaban J connectivity index is 1.47. The van der Waals surface area contributed by atoms with E-state index in [-0.39, 0.29) is 28.5 Å². The van der Waals surface area contributed by atoms with Gasteiger partial charge in [-0.15, -0.1) is 0 Å². The molecule has 2 amide bonds. The minimum Gasteiger partial charge on any atom is -0.347 e. The summed E-state index contributed by atoms with van der Waals surface area (Å²) in [7, 11) is 0. The van der Waals surface area contributed by atoms with Crippen LogP contribution < -0.4 is 5.32 Å². The number of hydrogen-bond acceptors (Lipinski definition) is 2. The van der Waals surface area contributed by atoms with Crippen LogP contribution in [0.2, 0.25) is 0 Å². The van der Waals surface area contributed by atoms with Gasteiger partial charge in [0.25, 0.3) is 11.8 Å². The predicted molar refractivity (Wildman–Crippen MR) is 91.9 cm³/mol. The zero-order valence-corrected chi connectivity index (χ0v) is 14.0. The van der Waals surface area contributed by atoms with Crippen LogP contribution in [0.1, 0.15) is 34.3 Å². The van der Waals surface area contributed by atoms with E-state index in [1.807, 2.05) is 0 Å². The Bertz CT molecular complexity index is 844. The van der Waals surface area contributed by atoms with Gasteiger partial charge in [0.05, 0.1) is 5.54 Å². The van der Waals surface area contributed by atoms with Crippen LogP contribution in [0, 0.1) is 0 Å². The third-order valence-electron chi connectivity index (χ3n) is 5.14. The third-order valence-corrected chi connectivity index (χ3v) is 5.14. The highest BCUT2D eigenvalue weighted by Crippen LogP contribution is 2.36. The van der Waals surface area contributed by atoms with Crippen molar-refractivity contribution in [3.63, 3.8) is 0 Å². The summed E-state index contributed by atoms with van der Waals surface area (Å²) in [6.45, 7) is 0.943. The number of alkyl halides is 2. The first-order chi connectivity index (χ1) is 12.4. The summed E-state index contributed by atoms with van der Waals surface area (Å²) in [5, 5.41) is 2.92. The van der Waals surface area contributed by atoms with Crippen molar-refractivity contribution in [1.29, 1.82) is 0 Å². The van der Waals surface area contributed by atoms with Gasteiger partial charge in [-0.3, -0.25) is 9.59 Å². The minimum absolute atomic E-state index is 0.0181. The largest absolute Gasteiger partial charge is 0.347 e. The van der Waals surface area contributed by atoms with Gasteiger partial charge < -0.3 is 10.2 Å². The van der Waals surface area contributed by atoms with E-state index in [1.165, 1.54) is 36.4 Å². The van der Waals surface area contributed by atoms with Gasteiger partial charge in [-0.1, -0.05) is 42.5 Å². The number of benzene rings is 2. The molecule has 0 saturated carbocycles. The number of carbonyl (C=O) groups excluding carboxylic acids is 2. The molecule has 2 heterocycles. The molecule has 0 aliphatic carbocycles. The maximum atomic E-state index is 14.6. The van der Waals surface area contributed by atoms with E-state index in [9.17, 15) is 18.4 Å². The maximum absolute atomic E-state index is 14.6. The SMILES string of the molecule is O=C1CCC2(CN(C(=O)c3ccc(C(F)(F)c4ccccc4)cc3)C2)N1. The molecule has 1 spiro atoms. The Morgan fingerprint density at radius 1 is 1.00 bits per heavy atom. The number of hydrogen-bond donors (Lipinski definition) is 1. The molecule has 26 heavy (non-hydrogen) atoms. The summed E-state index contributed by atoms with van der Waals surface area (Å²) < 4.78 is 29.1. The van der Waals surface area contributed by atoms with Crippen molar-refractivity contribution in [2.75, 3.05) is 13.1 Å². The zero-order valence-electron chi connectivity index (χ0n) is 14.0. The third kappa shape index (κ3) is 2.75. The highest BCUT2D eigenvalue weighted by molar-refractivity contribution is 5.95. The van der Waals surface area contributed by atoms with Gasteiger partial charge in [0.15, 0.2) is 0 Å². The Labute approximate surface area is 149 Å². The Morgan fingerprint density at radius 3 is 2.19 bits per heavy atom. The molecule has 0 bridgehead atoms. The van der Waals surface area contributed by atoms with Gasteiger partial charge in [0.2, 0.25) is 5.91 Å². The number of halogens is 2. The van der Waals surface area contributed by atoms with Crippen molar-refractivity contribution in [2.45, 2.75) is 24.3 Å². The molecule has 1 N–H and O–H groups in total. The number of likely N-dealkylation sites (tertiary alicyclic amines) is 1. The first-order valence-electron chi connectivity index (χ1n) is 8.54. The second-order valence-electron chi connectivity index (χ2n) is 7.01. The smallest absolute Gasteiger partial charge is 0.298 e. The molecular formula is C20H18F2N2O2. The topological polar surface area (TPSA) is 49.4 Å². The van der Waals surface area contributed by atoms with Crippen molar-refractivity contribution >= 4 is 11.8 Å². The first-order valence-corrected chi connectivity index (χ1v) is 8.54. The van der Waals surface area contributed by atoms with Crippen LogP contribution in [-0.2, 0) is 10.7 Å². The van der Waals surface area contributed by atoms with Gasteiger partial charge in [0.1, 0.15) is 0 Å². The molecular weight excluding hydrogens is 338 g/mol. The summed E-state index contributed by atoms with van der Waals surface area (Å²) in [5.74, 6) is -3.30. The predicted octanol–water partition coefficient (Wildman–Crippen LogP) is 2.93. The Kier molecular flexibility index (Phi) is 3.79. The molecule has 6 heteroatoms. The van der Waals surface area contributed by atoms with E-state index in [0.29, 0.717) is 25.1 Å². The Morgan fingerprint density at radius 2 is 1.62 bits per heavy atom. The number of amides is 2. The number of nitrogens with one attached hydrogen (secondary N) is 1. The zero-order chi connectivity index (χ0) is 18.4. The molecule has 0 unspecified atom stereocenters. The van der Waals surface area contributed by atoms with Gasteiger partial charge >= 0.3 is 0 Å². The molecule has 2 aliphatic heterocycles. The van der Waals surface area contributed by atoms with Crippen LogP contribution in [0.3, 0.4) is 0 Å². The van der Waals surface area contributed by atoms with Crippen LogP contribution in [-0.4, -0.2) is 35.3 Å².